The van der Waals surface area contributed by atoms with Gasteiger partial charge in [-0.3, -0.25) is 9.59 Å². The van der Waals surface area contributed by atoms with E-state index < -0.39 is 40.8 Å². The lowest BCUT2D eigenvalue weighted by Gasteiger charge is -2.28. The van der Waals surface area contributed by atoms with Gasteiger partial charge in [0.1, 0.15) is 5.54 Å². The number of aliphatic carboxylic acids is 1. The van der Waals surface area contributed by atoms with Crippen LogP contribution in [0.1, 0.15) is 39.0 Å². The molecule has 3 aliphatic rings. The zero-order valence-corrected chi connectivity index (χ0v) is 18.4. The minimum absolute atomic E-state index is 0.0518. The molecule has 1 aliphatic heterocycles. The van der Waals surface area contributed by atoms with Crippen molar-refractivity contribution in [2.75, 3.05) is 13.1 Å². The molecule has 14 heteroatoms. The Hall–Kier alpha value is -1.29. The molecule has 5 atom stereocenters. The van der Waals surface area contributed by atoms with Crippen LogP contribution >= 0.6 is 0 Å². The average molecular weight is 461 g/mol. The number of carboxylic acids is 1. The lowest BCUT2D eigenvalue weighted by atomic mass is 9.78. The van der Waals surface area contributed by atoms with Crippen LogP contribution in [0.2, 0.25) is 6.32 Å². The van der Waals surface area contributed by atoms with E-state index in [1.165, 1.54) is 4.31 Å². The molecule has 31 heavy (non-hydrogen) atoms. The molecule has 0 bridgehead atoms. The van der Waals surface area contributed by atoms with Crippen molar-refractivity contribution in [2.24, 2.45) is 17.4 Å². The SMILES string of the molecule is C[C@H](N)C(=O)N[C@@H]1CC1N(C1CC1)S(=O)(=O)N1C[C@H](CCCB(O)O)[C@](N)(C(=O)O)C1. The van der Waals surface area contributed by atoms with Gasteiger partial charge in [0.25, 0.3) is 10.2 Å². The second-order valence-corrected chi connectivity index (χ2v) is 10.9. The van der Waals surface area contributed by atoms with Crippen molar-refractivity contribution >= 4 is 29.2 Å². The maximum atomic E-state index is 13.5. The standard InChI is InChI=1S/C17H32BN5O7S/c1-10(19)15(24)21-13-7-14(13)23(12-4-5-12)31(29,30)22-8-11(3-2-6-18(27)28)17(20,9-22)16(25)26/h10-14,27-28H,2-9,19-20H2,1H3,(H,21,24)(H,25,26)/t10-,11-,13+,14?,17-/m0/s1. The van der Waals surface area contributed by atoms with Gasteiger partial charge in [0.05, 0.1) is 6.04 Å². The molecule has 1 heterocycles. The van der Waals surface area contributed by atoms with Crippen LogP contribution in [-0.2, 0) is 19.8 Å². The van der Waals surface area contributed by atoms with E-state index in [0.717, 1.165) is 4.31 Å². The molecule has 1 saturated heterocycles. The number of nitrogens with two attached hydrogens (primary N) is 2. The summed E-state index contributed by atoms with van der Waals surface area (Å²) < 4.78 is 29.5. The molecule has 3 fully saturated rings. The summed E-state index contributed by atoms with van der Waals surface area (Å²) in [4.78, 5) is 23.8. The summed E-state index contributed by atoms with van der Waals surface area (Å²) >= 11 is 0. The van der Waals surface area contributed by atoms with Gasteiger partial charge in [-0.15, -0.1) is 0 Å². The van der Waals surface area contributed by atoms with Crippen LogP contribution in [0.5, 0.6) is 0 Å². The molecule has 0 spiro atoms. The quantitative estimate of drug-likeness (QED) is 0.177. The summed E-state index contributed by atoms with van der Waals surface area (Å²) in [5.41, 5.74) is 9.96. The molecule has 3 rings (SSSR count). The van der Waals surface area contributed by atoms with E-state index in [1.807, 2.05) is 0 Å². The molecule has 1 amide bonds. The number of nitrogens with zero attached hydrogens (tertiary/aromatic N) is 2. The topological polar surface area (TPSA) is 200 Å². The number of hydrogen-bond acceptors (Lipinski definition) is 8. The first-order valence-electron chi connectivity index (χ1n) is 10.6. The highest BCUT2D eigenvalue weighted by atomic mass is 32.2. The molecule has 0 aromatic rings. The number of carboxylic acid groups (broad SMARTS) is 1. The van der Waals surface area contributed by atoms with Crippen LogP contribution in [0.4, 0.5) is 0 Å². The second-order valence-electron chi connectivity index (χ2n) is 9.02. The lowest BCUT2D eigenvalue weighted by molar-refractivity contribution is -0.144. The molecule has 176 valence electrons. The first kappa shape index (κ1) is 24.4. The normalized spacial score (nSPS) is 32.1. The molecule has 1 unspecified atom stereocenters. The van der Waals surface area contributed by atoms with Crippen molar-refractivity contribution in [3.05, 3.63) is 0 Å². The van der Waals surface area contributed by atoms with Crippen LogP contribution < -0.4 is 16.8 Å². The predicted molar refractivity (Wildman–Crippen MR) is 112 cm³/mol. The molecule has 8 N–H and O–H groups in total. The van der Waals surface area contributed by atoms with Gasteiger partial charge in [0.15, 0.2) is 0 Å². The highest BCUT2D eigenvalue weighted by Gasteiger charge is 2.58. The average Bonchev–Trinajstić information content (AvgIpc) is 3.57. The van der Waals surface area contributed by atoms with E-state index in [4.69, 9.17) is 21.5 Å². The van der Waals surface area contributed by atoms with Gasteiger partial charge < -0.3 is 31.9 Å². The van der Waals surface area contributed by atoms with Crippen molar-refractivity contribution in [1.82, 2.24) is 13.9 Å². The molecular weight excluding hydrogens is 429 g/mol. The second kappa shape index (κ2) is 8.92. The summed E-state index contributed by atoms with van der Waals surface area (Å²) in [7, 11) is -5.51. The summed E-state index contributed by atoms with van der Waals surface area (Å²) in [6.07, 6.45) is 2.52. The van der Waals surface area contributed by atoms with Gasteiger partial charge in [-0.2, -0.15) is 17.0 Å². The smallest absolute Gasteiger partial charge is 0.451 e. The summed E-state index contributed by atoms with van der Waals surface area (Å²) in [6, 6.07) is -1.58. The first-order valence-corrected chi connectivity index (χ1v) is 12.0. The van der Waals surface area contributed by atoms with E-state index in [0.29, 0.717) is 25.7 Å². The van der Waals surface area contributed by atoms with E-state index in [9.17, 15) is 23.1 Å². The van der Waals surface area contributed by atoms with Gasteiger partial charge >= 0.3 is 13.1 Å². The number of amides is 1. The third-order valence-corrected chi connectivity index (χ3v) is 8.36. The third kappa shape index (κ3) is 5.21. The Labute approximate surface area is 182 Å². The molecule has 0 aromatic heterocycles. The van der Waals surface area contributed by atoms with Crippen LogP contribution in [0, 0.1) is 5.92 Å². The summed E-state index contributed by atoms with van der Waals surface area (Å²) in [5, 5.41) is 30.5. The van der Waals surface area contributed by atoms with Gasteiger partial charge in [0.2, 0.25) is 5.91 Å². The Kier molecular flexibility index (Phi) is 7.01. The van der Waals surface area contributed by atoms with E-state index in [-0.39, 0.29) is 49.9 Å². The van der Waals surface area contributed by atoms with Crippen LogP contribution in [0.25, 0.3) is 0 Å². The molecule has 12 nitrogen and oxygen atoms in total. The van der Waals surface area contributed by atoms with Crippen molar-refractivity contribution < 1.29 is 33.2 Å². The van der Waals surface area contributed by atoms with Gasteiger partial charge in [-0.1, -0.05) is 6.42 Å². The number of nitrogens with one attached hydrogen (secondary N) is 1. The highest BCUT2D eigenvalue weighted by molar-refractivity contribution is 7.86. The molecule has 0 aromatic carbocycles. The minimum atomic E-state index is -4.00. The fourth-order valence-corrected chi connectivity index (χ4v) is 6.41. The largest absolute Gasteiger partial charge is 0.480 e. The molecule has 2 aliphatic carbocycles. The van der Waals surface area contributed by atoms with Gasteiger partial charge in [0, 0.05) is 37.1 Å². The molecule has 0 radical (unpaired) electrons. The first-order chi connectivity index (χ1) is 14.4. The Balaban J connectivity index is 1.73. The lowest BCUT2D eigenvalue weighted by Crippen LogP contribution is -2.56. The van der Waals surface area contributed by atoms with Gasteiger partial charge in [-0.25, -0.2) is 0 Å². The maximum Gasteiger partial charge on any atom is 0.451 e. The number of carbonyl (C=O) groups is 2. The van der Waals surface area contributed by atoms with E-state index in [2.05, 4.69) is 5.32 Å². The maximum absolute atomic E-state index is 13.5. The van der Waals surface area contributed by atoms with Crippen molar-refractivity contribution in [3.63, 3.8) is 0 Å². The molecular formula is C17H32BN5O7S. The van der Waals surface area contributed by atoms with Crippen molar-refractivity contribution in [1.29, 1.82) is 0 Å². The van der Waals surface area contributed by atoms with E-state index >= 15 is 0 Å². The number of hydrogen-bond donors (Lipinski definition) is 6. The Morgan fingerprint density at radius 3 is 2.52 bits per heavy atom. The predicted octanol–water partition coefficient (Wildman–Crippen LogP) is -2.73. The zero-order valence-electron chi connectivity index (χ0n) is 17.6. The Bertz CT molecular complexity index is 809. The fourth-order valence-electron chi connectivity index (χ4n) is 4.23. The summed E-state index contributed by atoms with van der Waals surface area (Å²) in [6.45, 7) is 1.14. The number of rotatable bonds is 11. The Morgan fingerprint density at radius 2 is 2.00 bits per heavy atom. The third-order valence-electron chi connectivity index (χ3n) is 6.33. The van der Waals surface area contributed by atoms with E-state index in [1.54, 1.807) is 6.92 Å². The van der Waals surface area contributed by atoms with Crippen LogP contribution in [0.3, 0.4) is 0 Å². The van der Waals surface area contributed by atoms with Crippen molar-refractivity contribution in [2.45, 2.75) is 75.1 Å². The minimum Gasteiger partial charge on any atom is -0.480 e. The van der Waals surface area contributed by atoms with Crippen LogP contribution in [-0.4, -0.2) is 94.0 Å². The molecule has 2 saturated carbocycles. The number of carbonyl (C=O) groups excluding carboxylic acids is 1. The van der Waals surface area contributed by atoms with Crippen molar-refractivity contribution in [3.8, 4) is 0 Å². The van der Waals surface area contributed by atoms with Gasteiger partial charge in [-0.05, 0) is 38.9 Å². The zero-order chi connectivity index (χ0) is 23.1. The van der Waals surface area contributed by atoms with Crippen LogP contribution in [0.15, 0.2) is 0 Å². The Morgan fingerprint density at radius 1 is 1.35 bits per heavy atom. The fraction of sp³-hybridized carbons (Fsp3) is 0.882. The highest BCUT2D eigenvalue weighted by Crippen LogP contribution is 2.42. The summed E-state index contributed by atoms with van der Waals surface area (Å²) in [5.74, 6) is -2.29. The monoisotopic (exact) mass is 461 g/mol.